The number of carbonyl (C=O) groups excluding carboxylic acids is 4. The maximum absolute atomic E-state index is 13.4. The molecular weight excluding hydrogens is 530 g/mol. The van der Waals surface area contributed by atoms with Gasteiger partial charge in [0, 0.05) is 23.5 Å². The molecule has 1 heterocycles. The van der Waals surface area contributed by atoms with Gasteiger partial charge in [-0.05, 0) is 56.2 Å². The summed E-state index contributed by atoms with van der Waals surface area (Å²) in [6.07, 6.45) is 3.38. The van der Waals surface area contributed by atoms with Crippen LogP contribution in [0.25, 0.3) is 10.9 Å². The second-order valence-electron chi connectivity index (χ2n) is 10.3. The minimum atomic E-state index is -1.25. The number of aliphatic carboxylic acids is 1. The Hall–Kier alpha value is -3.97. The predicted octanol–water partition coefficient (Wildman–Crippen LogP) is 0.0173. The molecule has 0 radical (unpaired) electrons. The lowest BCUT2D eigenvalue weighted by Gasteiger charge is -2.28. The van der Waals surface area contributed by atoms with Crippen LogP contribution in [0.5, 0.6) is 0 Å². The van der Waals surface area contributed by atoms with Crippen molar-refractivity contribution in [1.82, 2.24) is 20.9 Å². The van der Waals surface area contributed by atoms with Crippen LogP contribution < -0.4 is 33.2 Å². The zero-order chi connectivity index (χ0) is 30.5. The van der Waals surface area contributed by atoms with Crippen molar-refractivity contribution in [2.24, 2.45) is 23.1 Å². The van der Waals surface area contributed by atoms with Gasteiger partial charge in [0.1, 0.15) is 18.1 Å². The van der Waals surface area contributed by atoms with Crippen molar-refractivity contribution in [1.29, 1.82) is 0 Å². The van der Waals surface area contributed by atoms with E-state index in [1.165, 1.54) is 0 Å². The van der Waals surface area contributed by atoms with Crippen LogP contribution >= 0.6 is 0 Å². The third kappa shape index (κ3) is 10.2. The summed E-state index contributed by atoms with van der Waals surface area (Å²) in [6, 6.07) is 3.17. The molecule has 0 bridgehead atoms. The highest BCUT2D eigenvalue weighted by Gasteiger charge is 2.32. The smallest absolute Gasteiger partial charge is 0.326 e. The number of primary amides is 1. The fourth-order valence-electron chi connectivity index (χ4n) is 4.43. The molecule has 13 nitrogen and oxygen atoms in total. The van der Waals surface area contributed by atoms with Gasteiger partial charge in [-0.1, -0.05) is 38.5 Å². The van der Waals surface area contributed by atoms with Crippen molar-refractivity contribution in [3.8, 4) is 0 Å². The molecular formula is C28H43N7O6. The van der Waals surface area contributed by atoms with Crippen molar-refractivity contribution in [2.45, 2.75) is 83.0 Å². The van der Waals surface area contributed by atoms with Gasteiger partial charge < -0.3 is 43.2 Å². The Kier molecular flexibility index (Phi) is 13.2. The molecule has 1 aromatic carbocycles. The van der Waals surface area contributed by atoms with Crippen LogP contribution in [0, 0.1) is 5.92 Å². The summed E-state index contributed by atoms with van der Waals surface area (Å²) in [5, 5.41) is 18.2. The van der Waals surface area contributed by atoms with E-state index in [0.717, 1.165) is 16.5 Å². The number of para-hydroxylation sites is 1. The number of rotatable bonds is 18. The minimum absolute atomic E-state index is 0.147. The summed E-state index contributed by atoms with van der Waals surface area (Å²) < 4.78 is 0. The number of carboxylic acid groups (broad SMARTS) is 1. The molecule has 1 aromatic heterocycles. The minimum Gasteiger partial charge on any atom is -0.480 e. The van der Waals surface area contributed by atoms with Crippen LogP contribution in [0.1, 0.15) is 57.9 Å². The molecule has 2 rings (SSSR count). The van der Waals surface area contributed by atoms with Crippen LogP contribution in [0.2, 0.25) is 0 Å². The number of amides is 4. The lowest BCUT2D eigenvalue weighted by Crippen LogP contribution is -2.58. The van der Waals surface area contributed by atoms with Crippen molar-refractivity contribution in [3.05, 3.63) is 36.0 Å². The Bertz CT molecular complexity index is 1200. The molecule has 41 heavy (non-hydrogen) atoms. The summed E-state index contributed by atoms with van der Waals surface area (Å²) >= 11 is 0. The summed E-state index contributed by atoms with van der Waals surface area (Å²) in [5.74, 6) is -4.23. The Morgan fingerprint density at radius 3 is 2.27 bits per heavy atom. The van der Waals surface area contributed by atoms with Crippen molar-refractivity contribution < 1.29 is 29.1 Å². The van der Waals surface area contributed by atoms with Gasteiger partial charge in [0.15, 0.2) is 0 Å². The first kappa shape index (κ1) is 33.2. The van der Waals surface area contributed by atoms with Crippen LogP contribution in [0.4, 0.5) is 0 Å². The van der Waals surface area contributed by atoms with Crippen LogP contribution in [0.15, 0.2) is 30.5 Å². The molecule has 0 saturated heterocycles. The van der Waals surface area contributed by atoms with Gasteiger partial charge in [-0.25, -0.2) is 4.79 Å². The Labute approximate surface area is 239 Å². The zero-order valence-electron chi connectivity index (χ0n) is 23.7. The van der Waals surface area contributed by atoms with Crippen LogP contribution in [-0.2, 0) is 30.4 Å². The number of carbonyl (C=O) groups is 5. The number of nitrogens with two attached hydrogens (primary N) is 3. The quantitative estimate of drug-likeness (QED) is 0.113. The first-order valence-electron chi connectivity index (χ1n) is 13.9. The van der Waals surface area contributed by atoms with Crippen molar-refractivity contribution in [3.63, 3.8) is 0 Å². The lowest BCUT2D eigenvalue weighted by molar-refractivity contribution is -0.142. The predicted molar refractivity (Wildman–Crippen MR) is 154 cm³/mol. The third-order valence-electron chi connectivity index (χ3n) is 7.12. The van der Waals surface area contributed by atoms with Gasteiger partial charge in [0.2, 0.25) is 23.6 Å². The summed E-state index contributed by atoms with van der Waals surface area (Å²) in [5.41, 5.74) is 18.7. The molecule has 226 valence electrons. The number of H-pyrrole nitrogens is 1. The monoisotopic (exact) mass is 573 g/mol. The van der Waals surface area contributed by atoms with E-state index in [9.17, 15) is 29.1 Å². The molecule has 2 aromatic rings. The van der Waals surface area contributed by atoms with Crippen LogP contribution in [-0.4, -0.2) is 70.4 Å². The maximum atomic E-state index is 13.4. The Morgan fingerprint density at radius 1 is 0.951 bits per heavy atom. The number of nitrogens with one attached hydrogen (secondary N) is 4. The maximum Gasteiger partial charge on any atom is 0.326 e. The van der Waals surface area contributed by atoms with E-state index in [-0.39, 0.29) is 31.6 Å². The van der Waals surface area contributed by atoms with E-state index in [0.29, 0.717) is 25.8 Å². The number of unbranched alkanes of at least 4 members (excludes halogenated alkanes) is 1. The van der Waals surface area contributed by atoms with Gasteiger partial charge in [-0.3, -0.25) is 19.2 Å². The number of hydrogen-bond donors (Lipinski definition) is 8. The molecule has 0 aliphatic rings. The van der Waals surface area contributed by atoms with Crippen LogP contribution in [0.3, 0.4) is 0 Å². The first-order valence-corrected chi connectivity index (χ1v) is 13.9. The standard InChI is InChI=1S/C28H43N7O6/c1-3-16(2)24(35-25(37)19(30)14-17-15-32-20-9-5-4-8-18(17)20)27(39)33-21(11-12-23(31)36)26(38)34-22(28(40)41)10-6-7-13-29/h4-5,8-9,15-16,19,21-22,24,32H,3,6-7,10-14,29-30H2,1-2H3,(H2,31,36)(H,33,39)(H,34,38)(H,35,37)(H,40,41). The summed E-state index contributed by atoms with van der Waals surface area (Å²) in [6.45, 7) is 4.00. The fraction of sp³-hybridized carbons (Fsp3) is 0.536. The molecule has 0 aliphatic heterocycles. The number of hydrogen-bond acceptors (Lipinski definition) is 7. The molecule has 0 aliphatic carbocycles. The second kappa shape index (κ2) is 16.3. The van der Waals surface area contributed by atoms with Gasteiger partial charge in [0.05, 0.1) is 6.04 Å². The van der Waals surface area contributed by atoms with E-state index in [2.05, 4.69) is 20.9 Å². The van der Waals surface area contributed by atoms with E-state index >= 15 is 0 Å². The highest BCUT2D eigenvalue weighted by Crippen LogP contribution is 2.19. The molecule has 0 fully saturated rings. The highest BCUT2D eigenvalue weighted by atomic mass is 16.4. The number of benzene rings is 1. The molecule has 0 saturated carbocycles. The summed E-state index contributed by atoms with van der Waals surface area (Å²) in [4.78, 5) is 65.8. The van der Waals surface area contributed by atoms with E-state index in [1.807, 2.05) is 31.2 Å². The largest absolute Gasteiger partial charge is 0.480 e. The fourth-order valence-corrected chi connectivity index (χ4v) is 4.43. The molecule has 13 heteroatoms. The van der Waals surface area contributed by atoms with Crippen molar-refractivity contribution in [2.75, 3.05) is 6.54 Å². The Balaban J connectivity index is 2.14. The van der Waals surface area contributed by atoms with E-state index < -0.39 is 53.8 Å². The second-order valence-corrected chi connectivity index (χ2v) is 10.3. The molecule has 5 unspecified atom stereocenters. The summed E-state index contributed by atoms with van der Waals surface area (Å²) in [7, 11) is 0. The van der Waals surface area contributed by atoms with Gasteiger partial charge in [-0.15, -0.1) is 0 Å². The lowest BCUT2D eigenvalue weighted by atomic mass is 9.96. The molecule has 5 atom stereocenters. The van der Waals surface area contributed by atoms with E-state index in [1.54, 1.807) is 13.1 Å². The SMILES string of the molecule is CCC(C)C(NC(=O)C(N)Cc1c[nH]c2ccccc12)C(=O)NC(CCC(N)=O)C(=O)NC(CCCCN)C(=O)O. The average molecular weight is 574 g/mol. The van der Waals surface area contributed by atoms with Gasteiger partial charge in [0.25, 0.3) is 0 Å². The molecule has 0 spiro atoms. The Morgan fingerprint density at radius 2 is 1.63 bits per heavy atom. The van der Waals surface area contributed by atoms with Gasteiger partial charge >= 0.3 is 5.97 Å². The highest BCUT2D eigenvalue weighted by molar-refractivity contribution is 5.94. The van der Waals surface area contributed by atoms with E-state index in [4.69, 9.17) is 17.2 Å². The number of fused-ring (bicyclic) bond motifs is 1. The average Bonchev–Trinajstić information content (AvgIpc) is 3.34. The van der Waals surface area contributed by atoms with Crippen molar-refractivity contribution >= 4 is 40.5 Å². The number of aromatic amines is 1. The molecule has 4 amide bonds. The third-order valence-corrected chi connectivity index (χ3v) is 7.12. The molecule has 11 N–H and O–H groups in total. The topological polar surface area (TPSA) is 236 Å². The number of carboxylic acids is 1. The normalized spacial score (nSPS) is 14.8. The zero-order valence-corrected chi connectivity index (χ0v) is 23.7. The number of aromatic nitrogens is 1. The first-order chi connectivity index (χ1) is 19.5. The van der Waals surface area contributed by atoms with Gasteiger partial charge in [-0.2, -0.15) is 0 Å².